The van der Waals surface area contributed by atoms with Gasteiger partial charge in [-0.1, -0.05) is 12.1 Å². The summed E-state index contributed by atoms with van der Waals surface area (Å²) in [5, 5.41) is 11.4. The summed E-state index contributed by atoms with van der Waals surface area (Å²) in [6.07, 6.45) is 0. The van der Waals surface area contributed by atoms with Gasteiger partial charge in [0.25, 0.3) is 5.91 Å². The molecule has 0 atom stereocenters. The molecular weight excluding hydrogens is 222 g/mol. The quantitative estimate of drug-likeness (QED) is 0.809. The van der Waals surface area contributed by atoms with Crippen molar-refractivity contribution >= 4 is 16.9 Å². The predicted octanol–water partition coefficient (Wildman–Crippen LogP) is 0.515. The molecule has 0 aliphatic carbocycles. The number of amides is 1. The fourth-order valence-corrected chi connectivity index (χ4v) is 1.47. The number of aliphatic hydroxyl groups excluding tert-OH is 1. The lowest BCUT2D eigenvalue weighted by Crippen LogP contribution is -2.27. The molecule has 5 nitrogen and oxygen atoms in total. The zero-order chi connectivity index (χ0) is 12.3. The van der Waals surface area contributed by atoms with Crippen molar-refractivity contribution in [2.24, 2.45) is 0 Å². The van der Waals surface area contributed by atoms with E-state index in [1.54, 1.807) is 24.3 Å². The van der Waals surface area contributed by atoms with Crippen molar-refractivity contribution in [1.29, 1.82) is 0 Å². The first-order valence-electron chi connectivity index (χ1n) is 5.14. The Hall–Kier alpha value is -2.14. The van der Waals surface area contributed by atoms with Gasteiger partial charge >= 0.3 is 0 Å². The van der Waals surface area contributed by atoms with Crippen LogP contribution in [0.2, 0.25) is 0 Å². The van der Waals surface area contributed by atoms with Crippen molar-refractivity contribution in [1.82, 2.24) is 5.32 Å². The molecule has 1 aromatic carbocycles. The molecule has 0 bridgehead atoms. The molecule has 88 valence electrons. The van der Waals surface area contributed by atoms with Gasteiger partial charge in [-0.3, -0.25) is 9.59 Å². The molecule has 0 spiro atoms. The molecular formula is C12H11NO4. The second-order valence-electron chi connectivity index (χ2n) is 3.45. The van der Waals surface area contributed by atoms with Crippen LogP contribution in [-0.4, -0.2) is 24.2 Å². The van der Waals surface area contributed by atoms with E-state index >= 15 is 0 Å². The van der Waals surface area contributed by atoms with Crippen molar-refractivity contribution in [3.8, 4) is 0 Å². The van der Waals surface area contributed by atoms with E-state index in [2.05, 4.69) is 5.32 Å². The first kappa shape index (κ1) is 11.3. The Morgan fingerprint density at radius 3 is 2.88 bits per heavy atom. The Morgan fingerprint density at radius 1 is 1.35 bits per heavy atom. The summed E-state index contributed by atoms with van der Waals surface area (Å²) < 4.78 is 5.31. The van der Waals surface area contributed by atoms with Crippen molar-refractivity contribution in [2.45, 2.75) is 0 Å². The first-order valence-corrected chi connectivity index (χ1v) is 5.14. The molecule has 17 heavy (non-hydrogen) atoms. The highest BCUT2D eigenvalue weighted by atomic mass is 16.3. The van der Waals surface area contributed by atoms with E-state index in [1.807, 2.05) is 0 Å². The molecule has 0 saturated carbocycles. The number of rotatable bonds is 3. The number of fused-ring (bicyclic) bond motifs is 1. The number of nitrogens with one attached hydrogen (secondary N) is 1. The number of aliphatic hydroxyl groups is 1. The highest BCUT2D eigenvalue weighted by Gasteiger charge is 2.10. The van der Waals surface area contributed by atoms with Gasteiger partial charge in [0.05, 0.1) is 12.0 Å². The molecule has 0 aliphatic heterocycles. The van der Waals surface area contributed by atoms with Crippen LogP contribution < -0.4 is 10.7 Å². The Bertz CT molecular complexity index is 603. The Labute approximate surface area is 96.7 Å². The third-order valence-corrected chi connectivity index (χ3v) is 2.26. The fraction of sp³-hybridized carbons (Fsp3) is 0.167. The van der Waals surface area contributed by atoms with Gasteiger partial charge in [-0.05, 0) is 12.1 Å². The summed E-state index contributed by atoms with van der Waals surface area (Å²) >= 11 is 0. The lowest BCUT2D eigenvalue weighted by atomic mass is 10.2. The maximum absolute atomic E-state index is 11.7. The molecule has 0 fully saturated rings. The standard InChI is InChI=1S/C12H11NO4/c14-6-5-13-12(16)11-7-9(15)8-3-1-2-4-10(8)17-11/h1-4,7,14H,5-6H2,(H,13,16). The third kappa shape index (κ3) is 2.34. The van der Waals surface area contributed by atoms with Gasteiger partial charge in [0.15, 0.2) is 11.2 Å². The number of hydrogen-bond donors (Lipinski definition) is 2. The average Bonchev–Trinajstić information content (AvgIpc) is 2.36. The summed E-state index contributed by atoms with van der Waals surface area (Å²) in [4.78, 5) is 23.2. The van der Waals surface area contributed by atoms with Crippen molar-refractivity contribution in [3.05, 3.63) is 46.3 Å². The van der Waals surface area contributed by atoms with Gasteiger partial charge in [-0.25, -0.2) is 0 Å². The van der Waals surface area contributed by atoms with Gasteiger partial charge in [0.2, 0.25) is 0 Å². The van der Waals surface area contributed by atoms with Gasteiger partial charge in [0, 0.05) is 12.6 Å². The van der Waals surface area contributed by atoms with E-state index in [0.717, 1.165) is 6.07 Å². The van der Waals surface area contributed by atoms with E-state index in [0.29, 0.717) is 11.0 Å². The van der Waals surface area contributed by atoms with E-state index in [9.17, 15) is 9.59 Å². The van der Waals surface area contributed by atoms with Crippen LogP contribution in [-0.2, 0) is 0 Å². The molecule has 0 radical (unpaired) electrons. The van der Waals surface area contributed by atoms with Crippen LogP contribution in [0.5, 0.6) is 0 Å². The largest absolute Gasteiger partial charge is 0.451 e. The third-order valence-electron chi connectivity index (χ3n) is 2.26. The smallest absolute Gasteiger partial charge is 0.287 e. The normalized spacial score (nSPS) is 10.4. The Kier molecular flexibility index (Phi) is 3.20. The van der Waals surface area contributed by atoms with Crippen LogP contribution in [0.4, 0.5) is 0 Å². The Balaban J connectivity index is 2.43. The minimum Gasteiger partial charge on any atom is -0.451 e. The maximum Gasteiger partial charge on any atom is 0.287 e. The van der Waals surface area contributed by atoms with Crippen LogP contribution in [0, 0.1) is 0 Å². The maximum atomic E-state index is 11.7. The van der Waals surface area contributed by atoms with Crippen LogP contribution in [0.1, 0.15) is 10.6 Å². The van der Waals surface area contributed by atoms with E-state index in [4.69, 9.17) is 9.52 Å². The SMILES string of the molecule is O=C(NCCO)c1cc(=O)c2ccccc2o1. The molecule has 0 aliphatic rings. The highest BCUT2D eigenvalue weighted by molar-refractivity contribution is 5.93. The van der Waals surface area contributed by atoms with Gasteiger partial charge < -0.3 is 14.8 Å². The van der Waals surface area contributed by atoms with Crippen LogP contribution in [0.25, 0.3) is 11.0 Å². The minimum absolute atomic E-state index is 0.0536. The number of benzene rings is 1. The van der Waals surface area contributed by atoms with Crippen LogP contribution >= 0.6 is 0 Å². The monoisotopic (exact) mass is 233 g/mol. The second-order valence-corrected chi connectivity index (χ2v) is 3.45. The molecule has 1 heterocycles. The highest BCUT2D eigenvalue weighted by Crippen LogP contribution is 2.11. The zero-order valence-corrected chi connectivity index (χ0v) is 8.97. The molecule has 0 unspecified atom stereocenters. The van der Waals surface area contributed by atoms with Gasteiger partial charge in [-0.2, -0.15) is 0 Å². The first-order chi connectivity index (χ1) is 8.22. The topological polar surface area (TPSA) is 79.5 Å². The van der Waals surface area contributed by atoms with Crippen molar-refractivity contribution in [3.63, 3.8) is 0 Å². The van der Waals surface area contributed by atoms with Crippen LogP contribution in [0.15, 0.2) is 39.5 Å². The second kappa shape index (κ2) is 4.80. The molecule has 0 saturated heterocycles. The number of carbonyl (C=O) groups excluding carboxylic acids is 1. The van der Waals surface area contributed by atoms with Crippen LogP contribution in [0.3, 0.4) is 0 Å². The number of hydrogen-bond acceptors (Lipinski definition) is 4. The van der Waals surface area contributed by atoms with Crippen molar-refractivity contribution < 1.29 is 14.3 Å². The van der Waals surface area contributed by atoms with E-state index in [1.165, 1.54) is 0 Å². The molecule has 2 N–H and O–H groups in total. The molecule has 1 aromatic heterocycles. The number of para-hydroxylation sites is 1. The molecule has 2 aromatic rings. The van der Waals surface area contributed by atoms with E-state index < -0.39 is 5.91 Å². The lowest BCUT2D eigenvalue weighted by molar-refractivity contribution is 0.0917. The zero-order valence-electron chi connectivity index (χ0n) is 8.97. The molecule has 5 heteroatoms. The summed E-state index contributed by atoms with van der Waals surface area (Å²) in [6, 6.07) is 7.86. The summed E-state index contributed by atoms with van der Waals surface area (Å²) in [5.41, 5.74) is 0.107. The fourth-order valence-electron chi connectivity index (χ4n) is 1.47. The molecule has 1 amide bonds. The lowest BCUT2D eigenvalue weighted by Gasteiger charge is -2.03. The van der Waals surface area contributed by atoms with E-state index in [-0.39, 0.29) is 24.3 Å². The summed E-state index contributed by atoms with van der Waals surface area (Å²) in [6.45, 7) is -0.0427. The Morgan fingerprint density at radius 2 is 2.12 bits per heavy atom. The predicted molar refractivity (Wildman–Crippen MR) is 61.9 cm³/mol. The van der Waals surface area contributed by atoms with Crippen molar-refractivity contribution in [2.75, 3.05) is 13.2 Å². The minimum atomic E-state index is -0.512. The van der Waals surface area contributed by atoms with Gasteiger partial charge in [-0.15, -0.1) is 0 Å². The summed E-state index contributed by atoms with van der Waals surface area (Å²) in [5.74, 6) is -0.566. The summed E-state index contributed by atoms with van der Waals surface area (Å²) in [7, 11) is 0. The number of carbonyl (C=O) groups is 1. The molecule has 2 rings (SSSR count). The average molecular weight is 233 g/mol. The van der Waals surface area contributed by atoms with Gasteiger partial charge in [0.1, 0.15) is 5.58 Å².